The van der Waals surface area contributed by atoms with E-state index in [4.69, 9.17) is 20.8 Å². The van der Waals surface area contributed by atoms with Crippen molar-refractivity contribution in [2.24, 2.45) is 10.9 Å². The van der Waals surface area contributed by atoms with Crippen molar-refractivity contribution in [3.8, 4) is 5.75 Å². The first kappa shape index (κ1) is 15.3. The SMILES string of the molecule is COc1cc(CNCCC(C)O)ccc1/C(N)=N/O. The molecule has 106 valence electrons. The van der Waals surface area contributed by atoms with E-state index in [-0.39, 0.29) is 11.9 Å². The zero-order valence-electron chi connectivity index (χ0n) is 11.3. The molecule has 0 radical (unpaired) electrons. The molecule has 0 fully saturated rings. The number of nitrogens with zero attached hydrogens (tertiary/aromatic N) is 1. The summed E-state index contributed by atoms with van der Waals surface area (Å²) >= 11 is 0. The van der Waals surface area contributed by atoms with Crippen molar-refractivity contribution in [3.05, 3.63) is 29.3 Å². The van der Waals surface area contributed by atoms with Crippen LogP contribution in [0, 0.1) is 0 Å². The summed E-state index contributed by atoms with van der Waals surface area (Å²) in [7, 11) is 1.54. The predicted molar refractivity (Wildman–Crippen MR) is 73.5 cm³/mol. The Morgan fingerprint density at radius 2 is 2.26 bits per heavy atom. The molecule has 1 aromatic carbocycles. The van der Waals surface area contributed by atoms with E-state index in [1.54, 1.807) is 13.0 Å². The van der Waals surface area contributed by atoms with Crippen molar-refractivity contribution in [1.82, 2.24) is 5.32 Å². The van der Waals surface area contributed by atoms with Crippen molar-refractivity contribution >= 4 is 5.84 Å². The van der Waals surface area contributed by atoms with Crippen LogP contribution in [0.25, 0.3) is 0 Å². The maximum absolute atomic E-state index is 9.15. The molecule has 1 aromatic rings. The van der Waals surface area contributed by atoms with Crippen LogP contribution in [0.3, 0.4) is 0 Å². The van der Waals surface area contributed by atoms with Crippen LogP contribution in [-0.4, -0.2) is 35.9 Å². The van der Waals surface area contributed by atoms with Crippen LogP contribution in [0.1, 0.15) is 24.5 Å². The van der Waals surface area contributed by atoms with Crippen LogP contribution in [0.2, 0.25) is 0 Å². The molecule has 0 heterocycles. The fraction of sp³-hybridized carbons (Fsp3) is 0.462. The van der Waals surface area contributed by atoms with Gasteiger partial charge in [-0.05, 0) is 37.6 Å². The minimum atomic E-state index is -0.301. The Bertz CT molecular complexity index is 433. The van der Waals surface area contributed by atoms with Gasteiger partial charge in [-0.1, -0.05) is 11.2 Å². The van der Waals surface area contributed by atoms with Crippen molar-refractivity contribution in [1.29, 1.82) is 0 Å². The lowest BCUT2D eigenvalue weighted by Gasteiger charge is -2.11. The number of nitrogens with one attached hydrogen (secondary N) is 1. The summed E-state index contributed by atoms with van der Waals surface area (Å²) in [5.41, 5.74) is 7.13. The van der Waals surface area contributed by atoms with Crippen LogP contribution in [0.15, 0.2) is 23.4 Å². The largest absolute Gasteiger partial charge is 0.496 e. The molecule has 6 nitrogen and oxygen atoms in total. The Morgan fingerprint density at radius 1 is 1.53 bits per heavy atom. The van der Waals surface area contributed by atoms with Crippen LogP contribution in [0.5, 0.6) is 5.75 Å². The Kier molecular flexibility index (Phi) is 6.11. The van der Waals surface area contributed by atoms with Crippen molar-refractivity contribution in [3.63, 3.8) is 0 Å². The quantitative estimate of drug-likeness (QED) is 0.191. The first-order valence-corrected chi connectivity index (χ1v) is 6.12. The number of aliphatic hydroxyl groups is 1. The molecule has 0 saturated heterocycles. The number of oxime groups is 1. The lowest BCUT2D eigenvalue weighted by atomic mass is 10.1. The Labute approximate surface area is 112 Å². The fourth-order valence-electron chi connectivity index (χ4n) is 1.65. The average molecular weight is 267 g/mol. The lowest BCUT2D eigenvalue weighted by Crippen LogP contribution is -2.19. The van der Waals surface area contributed by atoms with Gasteiger partial charge in [0, 0.05) is 6.54 Å². The summed E-state index contributed by atoms with van der Waals surface area (Å²) < 4.78 is 5.21. The van der Waals surface area contributed by atoms with Gasteiger partial charge >= 0.3 is 0 Å². The summed E-state index contributed by atoms with van der Waals surface area (Å²) in [5, 5.41) is 24.0. The second-order valence-electron chi connectivity index (χ2n) is 4.33. The highest BCUT2D eigenvalue weighted by Crippen LogP contribution is 2.20. The molecule has 19 heavy (non-hydrogen) atoms. The Balaban J connectivity index is 2.67. The fourth-order valence-corrected chi connectivity index (χ4v) is 1.65. The number of amidine groups is 1. The van der Waals surface area contributed by atoms with E-state index in [1.165, 1.54) is 7.11 Å². The first-order chi connectivity index (χ1) is 9.08. The van der Waals surface area contributed by atoms with Gasteiger partial charge in [0.2, 0.25) is 0 Å². The van der Waals surface area contributed by atoms with Gasteiger partial charge in [-0.25, -0.2) is 0 Å². The molecular weight excluding hydrogens is 246 g/mol. The third-order valence-electron chi connectivity index (χ3n) is 2.72. The molecular formula is C13H21N3O3. The number of ether oxygens (including phenoxy) is 1. The van der Waals surface area contributed by atoms with E-state index >= 15 is 0 Å². The Hall–Kier alpha value is -1.79. The lowest BCUT2D eigenvalue weighted by molar-refractivity contribution is 0.183. The zero-order valence-corrected chi connectivity index (χ0v) is 11.3. The van der Waals surface area contributed by atoms with E-state index < -0.39 is 0 Å². The minimum Gasteiger partial charge on any atom is -0.496 e. The summed E-state index contributed by atoms with van der Waals surface area (Å²) in [6.07, 6.45) is 0.407. The topological polar surface area (TPSA) is 100 Å². The molecule has 0 amide bonds. The first-order valence-electron chi connectivity index (χ1n) is 6.12. The zero-order chi connectivity index (χ0) is 14.3. The number of aliphatic hydroxyl groups excluding tert-OH is 1. The number of rotatable bonds is 7. The second-order valence-corrected chi connectivity index (χ2v) is 4.33. The number of benzene rings is 1. The minimum absolute atomic E-state index is 0.0189. The number of hydrogen-bond acceptors (Lipinski definition) is 5. The van der Waals surface area contributed by atoms with E-state index in [2.05, 4.69) is 10.5 Å². The highest BCUT2D eigenvalue weighted by atomic mass is 16.5. The molecule has 0 aliphatic carbocycles. The molecule has 5 N–H and O–H groups in total. The molecule has 1 atom stereocenters. The van der Waals surface area contributed by atoms with Crippen molar-refractivity contribution in [2.45, 2.75) is 26.0 Å². The van der Waals surface area contributed by atoms with Crippen LogP contribution in [0.4, 0.5) is 0 Å². The van der Waals surface area contributed by atoms with Crippen LogP contribution in [-0.2, 0) is 6.54 Å². The smallest absolute Gasteiger partial charge is 0.173 e. The van der Waals surface area contributed by atoms with E-state index in [0.717, 1.165) is 12.1 Å². The van der Waals surface area contributed by atoms with Gasteiger partial charge in [0.25, 0.3) is 0 Å². The molecule has 0 bridgehead atoms. The van der Waals surface area contributed by atoms with Crippen LogP contribution >= 0.6 is 0 Å². The summed E-state index contributed by atoms with van der Waals surface area (Å²) in [6.45, 7) is 3.16. The predicted octanol–water partition coefficient (Wildman–Crippen LogP) is 0.650. The molecule has 0 aromatic heterocycles. The summed E-state index contributed by atoms with van der Waals surface area (Å²) in [4.78, 5) is 0. The molecule has 0 aliphatic rings. The van der Waals surface area contributed by atoms with Gasteiger partial charge in [0.1, 0.15) is 5.75 Å². The highest BCUT2D eigenvalue weighted by Gasteiger charge is 2.08. The van der Waals surface area contributed by atoms with E-state index in [9.17, 15) is 0 Å². The maximum atomic E-state index is 9.15. The number of hydrogen-bond donors (Lipinski definition) is 4. The molecule has 0 aliphatic heterocycles. The third kappa shape index (κ3) is 4.76. The van der Waals surface area contributed by atoms with Gasteiger partial charge < -0.3 is 26.1 Å². The second kappa shape index (κ2) is 7.60. The average Bonchev–Trinajstić information content (AvgIpc) is 2.42. The van der Waals surface area contributed by atoms with Gasteiger partial charge in [-0.15, -0.1) is 0 Å². The number of nitrogens with two attached hydrogens (primary N) is 1. The Morgan fingerprint density at radius 3 is 2.84 bits per heavy atom. The summed E-state index contributed by atoms with van der Waals surface area (Å²) in [5.74, 6) is 0.579. The van der Waals surface area contributed by atoms with Gasteiger partial charge in [0.05, 0.1) is 18.8 Å². The van der Waals surface area contributed by atoms with Gasteiger partial charge in [-0.3, -0.25) is 0 Å². The van der Waals surface area contributed by atoms with E-state index in [0.29, 0.717) is 24.3 Å². The normalized spacial score (nSPS) is 13.3. The highest BCUT2D eigenvalue weighted by molar-refractivity contribution is 5.99. The van der Waals surface area contributed by atoms with E-state index in [1.807, 2.05) is 12.1 Å². The monoisotopic (exact) mass is 267 g/mol. The van der Waals surface area contributed by atoms with Crippen molar-refractivity contribution in [2.75, 3.05) is 13.7 Å². The summed E-state index contributed by atoms with van der Waals surface area (Å²) in [6, 6.07) is 5.47. The van der Waals surface area contributed by atoms with Gasteiger partial charge in [0.15, 0.2) is 5.84 Å². The maximum Gasteiger partial charge on any atom is 0.173 e. The molecule has 1 unspecified atom stereocenters. The molecule has 0 saturated carbocycles. The van der Waals surface area contributed by atoms with Crippen LogP contribution < -0.4 is 15.8 Å². The standard InChI is InChI=1S/C13H21N3O3/c1-9(17)5-6-15-8-10-3-4-11(13(14)16-18)12(7-10)19-2/h3-4,7,9,15,17-18H,5-6,8H2,1-2H3,(H2,14,16). The molecule has 1 rings (SSSR count). The van der Waals surface area contributed by atoms with Gasteiger partial charge in [-0.2, -0.15) is 0 Å². The molecule has 0 spiro atoms. The molecule has 6 heteroatoms. The van der Waals surface area contributed by atoms with Crippen molar-refractivity contribution < 1.29 is 15.1 Å². The third-order valence-corrected chi connectivity index (χ3v) is 2.72. The number of methoxy groups -OCH3 is 1.